The third-order valence-corrected chi connectivity index (χ3v) is 1.33. The Morgan fingerprint density at radius 2 is 2.20 bits per heavy atom. The number of allylic oxidation sites excluding steroid dienone is 2. The van der Waals surface area contributed by atoms with Crippen LogP contribution in [0, 0.1) is 0 Å². The fourth-order valence-electron chi connectivity index (χ4n) is 0.676. The van der Waals surface area contributed by atoms with Crippen molar-refractivity contribution >= 4 is 0 Å². The number of hydrogen-bond acceptors (Lipinski definition) is 1. The standard InChI is InChI=1S/C9H18O/c1-2-3-4-5-6-7-8-9-10/h5-6,10H,2-4,7-9H2,1H3/b6-5+/i5D. The molecule has 0 aliphatic carbocycles. The molecule has 0 aromatic heterocycles. The van der Waals surface area contributed by atoms with E-state index in [1.165, 1.54) is 0 Å². The Balaban J connectivity index is 3.30. The highest BCUT2D eigenvalue weighted by atomic mass is 16.2. The third kappa shape index (κ3) is 7.70. The molecular formula is C9H18O. The summed E-state index contributed by atoms with van der Waals surface area (Å²) in [5.41, 5.74) is 0. The molecule has 0 fully saturated rings. The molecule has 0 amide bonds. The monoisotopic (exact) mass is 143 g/mol. The van der Waals surface area contributed by atoms with E-state index in [1.807, 2.05) is 6.08 Å². The Morgan fingerprint density at radius 1 is 1.40 bits per heavy atom. The maximum atomic E-state index is 8.46. The second-order valence-corrected chi connectivity index (χ2v) is 2.38. The Labute approximate surface area is 65.2 Å². The van der Waals surface area contributed by atoms with Crippen LogP contribution in [0.3, 0.4) is 0 Å². The van der Waals surface area contributed by atoms with Crippen LogP contribution < -0.4 is 0 Å². The maximum absolute atomic E-state index is 8.46. The Hall–Kier alpha value is -0.300. The Morgan fingerprint density at radius 3 is 2.80 bits per heavy atom. The summed E-state index contributed by atoms with van der Waals surface area (Å²) in [6.07, 6.45) is 6.69. The van der Waals surface area contributed by atoms with Gasteiger partial charge < -0.3 is 5.11 Å². The molecule has 1 heteroatoms. The summed E-state index contributed by atoms with van der Waals surface area (Å²) in [5, 5.41) is 8.46. The lowest BCUT2D eigenvalue weighted by atomic mass is 10.2. The predicted molar refractivity (Wildman–Crippen MR) is 45.0 cm³/mol. The first kappa shape index (κ1) is 7.80. The van der Waals surface area contributed by atoms with Gasteiger partial charge in [0.25, 0.3) is 0 Å². The van der Waals surface area contributed by atoms with Crippen molar-refractivity contribution in [3.8, 4) is 0 Å². The molecule has 0 aromatic carbocycles. The van der Waals surface area contributed by atoms with Crippen LogP contribution in [0.5, 0.6) is 0 Å². The molecule has 0 aromatic rings. The van der Waals surface area contributed by atoms with E-state index in [2.05, 4.69) is 6.92 Å². The summed E-state index contributed by atoms with van der Waals surface area (Å²) in [7, 11) is 0. The molecule has 1 N–H and O–H groups in total. The lowest BCUT2D eigenvalue weighted by Gasteiger charge is -1.89. The van der Waals surface area contributed by atoms with Crippen molar-refractivity contribution in [2.24, 2.45) is 0 Å². The number of rotatable bonds is 6. The average molecular weight is 143 g/mol. The molecule has 0 aliphatic rings. The first-order valence-corrected chi connectivity index (χ1v) is 4.07. The van der Waals surface area contributed by atoms with Crippen LogP contribution in [0.15, 0.2) is 12.1 Å². The van der Waals surface area contributed by atoms with E-state index in [9.17, 15) is 0 Å². The smallest absolute Gasteiger partial charge is 0.0572 e. The van der Waals surface area contributed by atoms with Crippen LogP contribution >= 0.6 is 0 Å². The zero-order valence-corrected chi connectivity index (χ0v) is 6.77. The summed E-state index contributed by atoms with van der Waals surface area (Å²) in [4.78, 5) is 0. The van der Waals surface area contributed by atoms with E-state index in [1.54, 1.807) is 0 Å². The van der Waals surface area contributed by atoms with Crippen molar-refractivity contribution in [1.29, 1.82) is 0 Å². The number of hydrogen-bond donors (Lipinski definition) is 1. The van der Waals surface area contributed by atoms with Gasteiger partial charge in [-0.2, -0.15) is 0 Å². The summed E-state index contributed by atoms with van der Waals surface area (Å²) in [5.74, 6) is 0. The summed E-state index contributed by atoms with van der Waals surface area (Å²) >= 11 is 0. The van der Waals surface area contributed by atoms with Gasteiger partial charge in [0.2, 0.25) is 0 Å². The van der Waals surface area contributed by atoms with Crippen LogP contribution in [-0.2, 0) is 0 Å². The predicted octanol–water partition coefficient (Wildman–Crippen LogP) is 2.51. The van der Waals surface area contributed by atoms with Gasteiger partial charge in [0, 0.05) is 6.61 Å². The van der Waals surface area contributed by atoms with Crippen LogP contribution in [0.25, 0.3) is 0 Å². The molecule has 0 atom stereocenters. The van der Waals surface area contributed by atoms with Crippen LogP contribution in [0.2, 0.25) is 0 Å². The normalized spacial score (nSPS) is 13.4. The number of unbranched alkanes of at least 4 members (excludes halogenated alkanes) is 2. The number of aliphatic hydroxyl groups is 1. The van der Waals surface area contributed by atoms with Gasteiger partial charge in [-0.05, 0) is 19.3 Å². The van der Waals surface area contributed by atoms with E-state index in [4.69, 9.17) is 6.48 Å². The first-order chi connectivity index (χ1) is 5.31. The fourth-order valence-corrected chi connectivity index (χ4v) is 0.676. The minimum absolute atomic E-state index is 0.234. The van der Waals surface area contributed by atoms with Crippen LogP contribution in [0.1, 0.15) is 40.4 Å². The van der Waals surface area contributed by atoms with Gasteiger partial charge in [0.1, 0.15) is 0 Å². The van der Waals surface area contributed by atoms with Gasteiger partial charge in [-0.3, -0.25) is 0 Å². The van der Waals surface area contributed by atoms with Gasteiger partial charge >= 0.3 is 0 Å². The largest absolute Gasteiger partial charge is 0.396 e. The molecule has 10 heavy (non-hydrogen) atoms. The lowest BCUT2D eigenvalue weighted by Crippen LogP contribution is -1.78. The lowest BCUT2D eigenvalue weighted by molar-refractivity contribution is 0.289. The summed E-state index contributed by atoms with van der Waals surface area (Å²) < 4.78 is 7.43. The Kier molecular flexibility index (Phi) is 6.79. The molecule has 0 heterocycles. The minimum Gasteiger partial charge on any atom is -0.396 e. The molecule has 0 aliphatic heterocycles. The molecular weight excluding hydrogens is 124 g/mol. The molecule has 60 valence electrons. The molecule has 0 bridgehead atoms. The van der Waals surface area contributed by atoms with Crippen molar-refractivity contribution in [3.05, 3.63) is 12.1 Å². The maximum Gasteiger partial charge on any atom is 0.0572 e. The zero-order chi connectivity index (χ0) is 8.53. The molecule has 0 radical (unpaired) electrons. The number of aliphatic hydroxyl groups excluding tert-OH is 1. The van der Waals surface area contributed by atoms with E-state index >= 15 is 0 Å². The molecule has 0 rings (SSSR count). The van der Waals surface area contributed by atoms with E-state index < -0.39 is 0 Å². The van der Waals surface area contributed by atoms with Gasteiger partial charge in [-0.1, -0.05) is 31.9 Å². The van der Waals surface area contributed by atoms with E-state index in [0.29, 0.717) is 0 Å². The van der Waals surface area contributed by atoms with Crippen molar-refractivity contribution in [1.82, 2.24) is 0 Å². The Bertz CT molecular complexity index is 110. The van der Waals surface area contributed by atoms with Gasteiger partial charge in [0.05, 0.1) is 1.37 Å². The van der Waals surface area contributed by atoms with E-state index in [0.717, 1.165) is 38.2 Å². The molecule has 0 spiro atoms. The summed E-state index contributed by atoms with van der Waals surface area (Å²) in [6.45, 7) is 2.36. The molecule has 1 nitrogen and oxygen atoms in total. The molecule has 0 saturated heterocycles. The topological polar surface area (TPSA) is 20.2 Å². The fraction of sp³-hybridized carbons (Fsp3) is 0.778. The quantitative estimate of drug-likeness (QED) is 0.447. The molecule has 0 unspecified atom stereocenters. The second kappa shape index (κ2) is 8.70. The van der Waals surface area contributed by atoms with Gasteiger partial charge in [-0.15, -0.1) is 0 Å². The minimum atomic E-state index is 0.234. The van der Waals surface area contributed by atoms with E-state index in [-0.39, 0.29) is 6.61 Å². The highest BCUT2D eigenvalue weighted by Gasteiger charge is 1.79. The van der Waals surface area contributed by atoms with Crippen molar-refractivity contribution < 1.29 is 6.48 Å². The first-order valence-electron chi connectivity index (χ1n) is 4.57. The highest BCUT2D eigenvalue weighted by molar-refractivity contribution is 4.80. The second-order valence-electron chi connectivity index (χ2n) is 2.38. The van der Waals surface area contributed by atoms with Gasteiger partial charge in [-0.25, -0.2) is 0 Å². The van der Waals surface area contributed by atoms with Crippen molar-refractivity contribution in [3.63, 3.8) is 0 Å². The average Bonchev–Trinajstić information content (AvgIpc) is 2.01. The SMILES string of the molecule is [2H]/C(=C\CCCO)CCCC. The van der Waals surface area contributed by atoms with Crippen LogP contribution in [-0.4, -0.2) is 11.7 Å². The zero-order valence-electron chi connectivity index (χ0n) is 7.77. The third-order valence-electron chi connectivity index (χ3n) is 1.33. The van der Waals surface area contributed by atoms with Crippen molar-refractivity contribution in [2.45, 2.75) is 39.0 Å². The van der Waals surface area contributed by atoms with Crippen LogP contribution in [0.4, 0.5) is 0 Å². The van der Waals surface area contributed by atoms with Crippen molar-refractivity contribution in [2.75, 3.05) is 6.61 Å². The summed E-state index contributed by atoms with van der Waals surface area (Å²) in [6, 6.07) is 0.723. The molecule has 0 saturated carbocycles. The van der Waals surface area contributed by atoms with Gasteiger partial charge in [0.15, 0.2) is 0 Å². The highest BCUT2D eigenvalue weighted by Crippen LogP contribution is 1.97.